The topological polar surface area (TPSA) is 20.2 Å². The highest BCUT2D eigenvalue weighted by atomic mass is 16.3. The first-order valence-electron chi connectivity index (χ1n) is 12.7. The van der Waals surface area contributed by atoms with Crippen LogP contribution in [0.4, 0.5) is 0 Å². The van der Waals surface area contributed by atoms with E-state index in [-0.39, 0.29) is 6.10 Å². The molecule has 1 heteroatoms. The SMILES string of the molecule is CC(C)=C(C)CCC(C)C1CCC2C3CC=C4CC(O)CCC4(C)C3CCC12C. The van der Waals surface area contributed by atoms with E-state index in [0.29, 0.717) is 10.8 Å². The largest absolute Gasteiger partial charge is 0.393 e. The van der Waals surface area contributed by atoms with Gasteiger partial charge in [-0.25, -0.2) is 0 Å². The van der Waals surface area contributed by atoms with Gasteiger partial charge >= 0.3 is 0 Å². The molecule has 1 nitrogen and oxygen atoms in total. The quantitative estimate of drug-likeness (QED) is 0.481. The zero-order chi connectivity index (χ0) is 21.0. The minimum atomic E-state index is -0.0827. The van der Waals surface area contributed by atoms with Crippen molar-refractivity contribution < 1.29 is 5.11 Å². The molecule has 0 heterocycles. The van der Waals surface area contributed by atoms with Crippen LogP contribution in [-0.2, 0) is 0 Å². The molecule has 0 aliphatic heterocycles. The monoisotopic (exact) mass is 398 g/mol. The van der Waals surface area contributed by atoms with E-state index in [0.717, 1.165) is 42.4 Å². The van der Waals surface area contributed by atoms with Gasteiger partial charge in [0.2, 0.25) is 0 Å². The van der Waals surface area contributed by atoms with Gasteiger partial charge in [-0.2, -0.15) is 0 Å². The van der Waals surface area contributed by atoms with E-state index >= 15 is 0 Å². The second-order valence-corrected chi connectivity index (χ2v) is 12.2. The molecule has 4 aliphatic rings. The van der Waals surface area contributed by atoms with Crippen molar-refractivity contribution in [3.05, 3.63) is 22.8 Å². The molecule has 1 N–H and O–H groups in total. The second kappa shape index (κ2) is 7.85. The summed E-state index contributed by atoms with van der Waals surface area (Å²) in [7, 11) is 0. The summed E-state index contributed by atoms with van der Waals surface area (Å²) >= 11 is 0. The van der Waals surface area contributed by atoms with Crippen LogP contribution in [-0.4, -0.2) is 11.2 Å². The maximum Gasteiger partial charge on any atom is 0.0577 e. The highest BCUT2D eigenvalue weighted by Gasteiger charge is 2.59. The fourth-order valence-electron chi connectivity index (χ4n) is 8.51. The lowest BCUT2D eigenvalue weighted by Gasteiger charge is -2.58. The molecule has 0 aromatic heterocycles. The summed E-state index contributed by atoms with van der Waals surface area (Å²) in [6, 6.07) is 0. The Morgan fingerprint density at radius 1 is 1.07 bits per heavy atom. The molecule has 4 rings (SSSR count). The minimum Gasteiger partial charge on any atom is -0.393 e. The molecule has 8 unspecified atom stereocenters. The van der Waals surface area contributed by atoms with Crippen molar-refractivity contribution in [2.24, 2.45) is 40.4 Å². The van der Waals surface area contributed by atoms with Gasteiger partial charge in [0.25, 0.3) is 0 Å². The molecule has 3 saturated carbocycles. The lowest BCUT2D eigenvalue weighted by Crippen LogP contribution is -2.50. The second-order valence-electron chi connectivity index (χ2n) is 12.2. The first-order valence-corrected chi connectivity index (χ1v) is 12.7. The Labute approximate surface area is 180 Å². The molecular formula is C28H46O. The van der Waals surface area contributed by atoms with Crippen LogP contribution in [0.5, 0.6) is 0 Å². The van der Waals surface area contributed by atoms with Crippen LogP contribution in [0.1, 0.15) is 106 Å². The smallest absolute Gasteiger partial charge is 0.0577 e. The third kappa shape index (κ3) is 3.58. The van der Waals surface area contributed by atoms with Crippen molar-refractivity contribution in [1.29, 1.82) is 0 Å². The number of hydrogen-bond donors (Lipinski definition) is 1. The van der Waals surface area contributed by atoms with Crippen LogP contribution in [0.15, 0.2) is 22.8 Å². The van der Waals surface area contributed by atoms with Gasteiger partial charge in [0.1, 0.15) is 0 Å². The summed E-state index contributed by atoms with van der Waals surface area (Å²) in [5.74, 6) is 4.47. The Kier molecular flexibility index (Phi) is 5.86. The fraction of sp³-hybridized carbons (Fsp3) is 0.857. The van der Waals surface area contributed by atoms with E-state index in [4.69, 9.17) is 0 Å². The van der Waals surface area contributed by atoms with Gasteiger partial charge in [-0.05, 0) is 125 Å². The average Bonchev–Trinajstić information content (AvgIpc) is 3.03. The standard InChI is InChI=1S/C28H46O/c1-18(2)19(3)7-8-20(4)24-11-12-25-23-10-9-21-17-22(29)13-15-27(21,5)26(23)14-16-28(24,25)6/h9,20,22-26,29H,7-8,10-17H2,1-6H3. The van der Waals surface area contributed by atoms with Gasteiger partial charge in [0.05, 0.1) is 6.10 Å². The predicted molar refractivity (Wildman–Crippen MR) is 124 cm³/mol. The molecule has 0 aromatic carbocycles. The van der Waals surface area contributed by atoms with Gasteiger partial charge in [0.15, 0.2) is 0 Å². The Morgan fingerprint density at radius 2 is 1.83 bits per heavy atom. The van der Waals surface area contributed by atoms with E-state index in [1.165, 1.54) is 56.9 Å². The molecule has 0 aromatic rings. The van der Waals surface area contributed by atoms with E-state index in [2.05, 4.69) is 47.6 Å². The molecule has 164 valence electrons. The Hall–Kier alpha value is -0.560. The normalized spacial score (nSPS) is 44.9. The summed E-state index contributed by atoms with van der Waals surface area (Å²) in [6.07, 6.45) is 15.4. The van der Waals surface area contributed by atoms with Crippen molar-refractivity contribution in [3.8, 4) is 0 Å². The molecule has 8 atom stereocenters. The van der Waals surface area contributed by atoms with Crippen LogP contribution < -0.4 is 0 Å². The van der Waals surface area contributed by atoms with E-state index in [9.17, 15) is 5.11 Å². The highest BCUT2D eigenvalue weighted by Crippen LogP contribution is 2.67. The molecule has 0 radical (unpaired) electrons. The summed E-state index contributed by atoms with van der Waals surface area (Å²) in [4.78, 5) is 0. The summed E-state index contributed by atoms with van der Waals surface area (Å²) in [5, 5.41) is 10.2. The van der Waals surface area contributed by atoms with Crippen molar-refractivity contribution in [1.82, 2.24) is 0 Å². The first kappa shape index (κ1) is 21.7. The van der Waals surface area contributed by atoms with Gasteiger partial charge in [0, 0.05) is 0 Å². The molecule has 0 spiro atoms. The van der Waals surface area contributed by atoms with Crippen LogP contribution in [0.2, 0.25) is 0 Å². The molecular weight excluding hydrogens is 352 g/mol. The molecule has 0 saturated heterocycles. The number of aliphatic hydroxyl groups is 1. The zero-order valence-electron chi connectivity index (χ0n) is 20.1. The maximum absolute atomic E-state index is 10.2. The lowest BCUT2D eigenvalue weighted by molar-refractivity contribution is -0.0571. The van der Waals surface area contributed by atoms with Crippen LogP contribution in [0.25, 0.3) is 0 Å². The van der Waals surface area contributed by atoms with Gasteiger partial charge < -0.3 is 5.11 Å². The molecule has 29 heavy (non-hydrogen) atoms. The number of aliphatic hydroxyl groups excluding tert-OH is 1. The highest BCUT2D eigenvalue weighted by molar-refractivity contribution is 5.25. The van der Waals surface area contributed by atoms with Gasteiger partial charge in [-0.15, -0.1) is 0 Å². The van der Waals surface area contributed by atoms with Gasteiger partial charge in [-0.3, -0.25) is 0 Å². The van der Waals surface area contributed by atoms with Crippen molar-refractivity contribution in [2.45, 2.75) is 112 Å². The van der Waals surface area contributed by atoms with E-state index in [1.54, 1.807) is 11.1 Å². The predicted octanol–water partition coefficient (Wildman–Crippen LogP) is 7.70. The average molecular weight is 399 g/mol. The number of allylic oxidation sites excluding steroid dienone is 3. The number of fused-ring (bicyclic) bond motifs is 5. The summed E-state index contributed by atoms with van der Waals surface area (Å²) in [5.41, 5.74) is 5.69. The Morgan fingerprint density at radius 3 is 2.55 bits per heavy atom. The maximum atomic E-state index is 10.2. The first-order chi connectivity index (χ1) is 13.7. The van der Waals surface area contributed by atoms with E-state index < -0.39 is 0 Å². The minimum absolute atomic E-state index is 0.0827. The molecule has 0 bridgehead atoms. The fourth-order valence-corrected chi connectivity index (χ4v) is 8.51. The van der Waals surface area contributed by atoms with Crippen LogP contribution in [0.3, 0.4) is 0 Å². The van der Waals surface area contributed by atoms with Crippen LogP contribution in [0, 0.1) is 40.4 Å². The third-order valence-corrected chi connectivity index (χ3v) is 10.7. The third-order valence-electron chi connectivity index (χ3n) is 10.7. The molecule has 3 fully saturated rings. The van der Waals surface area contributed by atoms with E-state index in [1.807, 2.05) is 0 Å². The summed E-state index contributed by atoms with van der Waals surface area (Å²) in [6.45, 7) is 14.7. The zero-order valence-corrected chi connectivity index (χ0v) is 20.1. The molecule has 4 aliphatic carbocycles. The molecule has 0 amide bonds. The lowest BCUT2D eigenvalue weighted by atomic mass is 9.47. The Bertz CT molecular complexity index is 682. The van der Waals surface area contributed by atoms with Crippen molar-refractivity contribution >= 4 is 0 Å². The van der Waals surface area contributed by atoms with Gasteiger partial charge in [-0.1, -0.05) is 43.6 Å². The van der Waals surface area contributed by atoms with Crippen molar-refractivity contribution in [3.63, 3.8) is 0 Å². The van der Waals surface area contributed by atoms with Crippen molar-refractivity contribution in [2.75, 3.05) is 0 Å². The number of hydrogen-bond acceptors (Lipinski definition) is 1. The summed E-state index contributed by atoms with van der Waals surface area (Å²) < 4.78 is 0. The Balaban J connectivity index is 1.51. The van der Waals surface area contributed by atoms with Crippen LogP contribution >= 0.6 is 0 Å². The number of rotatable bonds is 4.